The molecule has 1 aliphatic heterocycles. The maximum Gasteiger partial charge on any atom is 0.0803 e. The molecule has 2 heterocycles. The van der Waals surface area contributed by atoms with Gasteiger partial charge in [-0.15, -0.1) is 11.3 Å². The SMILES string of the molecule is CNC(c1ccc(Br)s1)C1OCCC1C. The summed E-state index contributed by atoms with van der Waals surface area (Å²) in [5, 5.41) is 3.37. The molecule has 0 spiro atoms. The fourth-order valence-electron chi connectivity index (χ4n) is 2.11. The first-order valence-corrected chi connectivity index (χ1v) is 6.87. The van der Waals surface area contributed by atoms with Gasteiger partial charge in [0, 0.05) is 11.5 Å². The van der Waals surface area contributed by atoms with Crippen molar-refractivity contribution >= 4 is 27.3 Å². The molecule has 1 N–H and O–H groups in total. The van der Waals surface area contributed by atoms with Crippen LogP contribution in [0.25, 0.3) is 0 Å². The van der Waals surface area contributed by atoms with Crippen LogP contribution in [0.4, 0.5) is 0 Å². The second-order valence-electron chi connectivity index (χ2n) is 4.01. The normalized spacial score (nSPS) is 28.2. The highest BCUT2D eigenvalue weighted by Crippen LogP contribution is 2.35. The first kappa shape index (κ1) is 11.6. The van der Waals surface area contributed by atoms with Gasteiger partial charge in [0.1, 0.15) is 0 Å². The van der Waals surface area contributed by atoms with Crippen molar-refractivity contribution in [3.63, 3.8) is 0 Å². The van der Waals surface area contributed by atoms with E-state index in [1.165, 1.54) is 15.1 Å². The van der Waals surface area contributed by atoms with Crippen molar-refractivity contribution in [2.45, 2.75) is 25.5 Å². The van der Waals surface area contributed by atoms with Gasteiger partial charge in [-0.2, -0.15) is 0 Å². The summed E-state index contributed by atoms with van der Waals surface area (Å²) in [4.78, 5) is 1.35. The molecule has 1 saturated heterocycles. The van der Waals surface area contributed by atoms with Crippen molar-refractivity contribution in [2.75, 3.05) is 13.7 Å². The van der Waals surface area contributed by atoms with Crippen LogP contribution in [0.2, 0.25) is 0 Å². The van der Waals surface area contributed by atoms with Crippen LogP contribution >= 0.6 is 27.3 Å². The molecule has 0 bridgehead atoms. The standard InChI is InChI=1S/C11H16BrNOS/c1-7-5-6-14-11(7)10(13-2)8-3-4-9(12)15-8/h3-4,7,10-11,13H,5-6H2,1-2H3. The molecule has 1 aromatic heterocycles. The molecule has 2 nitrogen and oxygen atoms in total. The second kappa shape index (κ2) is 4.95. The Morgan fingerprint density at radius 2 is 2.40 bits per heavy atom. The van der Waals surface area contributed by atoms with Crippen LogP contribution in [-0.4, -0.2) is 19.8 Å². The fraction of sp³-hybridized carbons (Fsp3) is 0.636. The van der Waals surface area contributed by atoms with E-state index in [0.717, 1.165) is 6.61 Å². The third kappa shape index (κ3) is 2.44. The van der Waals surface area contributed by atoms with Gasteiger partial charge in [-0.3, -0.25) is 0 Å². The van der Waals surface area contributed by atoms with E-state index in [2.05, 4.69) is 40.3 Å². The quantitative estimate of drug-likeness (QED) is 0.923. The van der Waals surface area contributed by atoms with E-state index < -0.39 is 0 Å². The van der Waals surface area contributed by atoms with Crippen LogP contribution in [-0.2, 0) is 4.74 Å². The molecule has 3 unspecified atom stereocenters. The van der Waals surface area contributed by atoms with E-state index in [1.54, 1.807) is 11.3 Å². The lowest BCUT2D eigenvalue weighted by Gasteiger charge is -2.24. The van der Waals surface area contributed by atoms with Gasteiger partial charge in [0.05, 0.1) is 15.9 Å². The van der Waals surface area contributed by atoms with Crippen molar-refractivity contribution in [1.29, 1.82) is 0 Å². The van der Waals surface area contributed by atoms with Crippen LogP contribution in [0.1, 0.15) is 24.3 Å². The summed E-state index contributed by atoms with van der Waals surface area (Å²) in [5.41, 5.74) is 0. The Morgan fingerprint density at radius 3 is 2.87 bits per heavy atom. The Morgan fingerprint density at radius 1 is 1.60 bits per heavy atom. The minimum absolute atomic E-state index is 0.320. The van der Waals surface area contributed by atoms with Crippen molar-refractivity contribution in [2.24, 2.45) is 5.92 Å². The molecule has 1 fully saturated rings. The lowest BCUT2D eigenvalue weighted by molar-refractivity contribution is 0.0641. The first-order valence-electron chi connectivity index (χ1n) is 5.26. The Bertz CT molecular complexity index is 328. The maximum atomic E-state index is 5.81. The van der Waals surface area contributed by atoms with Gasteiger partial charge in [-0.1, -0.05) is 6.92 Å². The summed E-state index contributed by atoms with van der Waals surface area (Å²) in [6.07, 6.45) is 1.50. The highest BCUT2D eigenvalue weighted by atomic mass is 79.9. The van der Waals surface area contributed by atoms with Gasteiger partial charge in [0.2, 0.25) is 0 Å². The van der Waals surface area contributed by atoms with Crippen LogP contribution in [0, 0.1) is 5.92 Å². The van der Waals surface area contributed by atoms with Crippen molar-refractivity contribution in [3.05, 3.63) is 20.8 Å². The summed E-state index contributed by atoms with van der Waals surface area (Å²) in [6.45, 7) is 3.17. The lowest BCUT2D eigenvalue weighted by atomic mass is 9.97. The molecule has 4 heteroatoms. The summed E-state index contributed by atoms with van der Waals surface area (Å²) in [5.74, 6) is 0.642. The number of rotatable bonds is 3. The zero-order valence-electron chi connectivity index (χ0n) is 9.00. The summed E-state index contributed by atoms with van der Waals surface area (Å²) in [7, 11) is 2.01. The van der Waals surface area contributed by atoms with Crippen LogP contribution in [0.5, 0.6) is 0 Å². The number of likely N-dealkylation sites (N-methyl/N-ethyl adjacent to an activating group) is 1. The van der Waals surface area contributed by atoms with Gasteiger partial charge in [0.15, 0.2) is 0 Å². The summed E-state index contributed by atoms with van der Waals surface area (Å²) in [6, 6.07) is 4.60. The molecule has 2 rings (SSSR count). The molecule has 15 heavy (non-hydrogen) atoms. The molecular weight excluding hydrogens is 274 g/mol. The van der Waals surface area contributed by atoms with Crippen molar-refractivity contribution < 1.29 is 4.74 Å². The zero-order valence-corrected chi connectivity index (χ0v) is 11.4. The minimum atomic E-state index is 0.320. The van der Waals surface area contributed by atoms with Crippen LogP contribution in [0.3, 0.4) is 0 Å². The second-order valence-corrected chi connectivity index (χ2v) is 6.50. The number of halogens is 1. The summed E-state index contributed by atoms with van der Waals surface area (Å²) >= 11 is 5.29. The first-order chi connectivity index (χ1) is 7.22. The number of nitrogens with one attached hydrogen (secondary N) is 1. The van der Waals surface area contributed by atoms with E-state index in [-0.39, 0.29) is 0 Å². The fourth-order valence-corrected chi connectivity index (χ4v) is 3.68. The number of hydrogen-bond acceptors (Lipinski definition) is 3. The Labute approximate surface area is 103 Å². The predicted octanol–water partition coefficient (Wildman–Crippen LogP) is 3.20. The largest absolute Gasteiger partial charge is 0.376 e. The summed E-state index contributed by atoms with van der Waals surface area (Å²) < 4.78 is 6.99. The Hall–Kier alpha value is 0.1000. The molecule has 0 aromatic carbocycles. The van der Waals surface area contributed by atoms with Gasteiger partial charge in [-0.25, -0.2) is 0 Å². The minimum Gasteiger partial charge on any atom is -0.376 e. The number of ether oxygens (including phenoxy) is 1. The van der Waals surface area contributed by atoms with Gasteiger partial charge in [-0.05, 0) is 47.4 Å². The Balaban J connectivity index is 2.16. The van der Waals surface area contributed by atoms with E-state index in [0.29, 0.717) is 18.1 Å². The zero-order chi connectivity index (χ0) is 10.8. The average Bonchev–Trinajstić information content (AvgIpc) is 2.79. The number of hydrogen-bond donors (Lipinski definition) is 1. The average molecular weight is 290 g/mol. The monoisotopic (exact) mass is 289 g/mol. The van der Waals surface area contributed by atoms with Gasteiger partial charge >= 0.3 is 0 Å². The molecule has 0 aliphatic carbocycles. The maximum absolute atomic E-state index is 5.81. The van der Waals surface area contributed by atoms with E-state index >= 15 is 0 Å². The molecule has 0 amide bonds. The molecule has 3 atom stereocenters. The topological polar surface area (TPSA) is 21.3 Å². The van der Waals surface area contributed by atoms with E-state index in [4.69, 9.17) is 4.74 Å². The molecule has 84 valence electrons. The lowest BCUT2D eigenvalue weighted by Crippen LogP contribution is -2.31. The highest BCUT2D eigenvalue weighted by Gasteiger charge is 2.32. The molecule has 1 aromatic rings. The highest BCUT2D eigenvalue weighted by molar-refractivity contribution is 9.11. The van der Waals surface area contributed by atoms with E-state index in [9.17, 15) is 0 Å². The van der Waals surface area contributed by atoms with Crippen molar-refractivity contribution in [3.8, 4) is 0 Å². The van der Waals surface area contributed by atoms with Gasteiger partial charge in [0.25, 0.3) is 0 Å². The van der Waals surface area contributed by atoms with Gasteiger partial charge < -0.3 is 10.1 Å². The Kier molecular flexibility index (Phi) is 3.83. The molecular formula is C11H16BrNOS. The predicted molar refractivity (Wildman–Crippen MR) is 67.3 cm³/mol. The number of thiophene rings is 1. The third-order valence-corrected chi connectivity index (χ3v) is 4.69. The molecule has 1 aliphatic rings. The molecule has 0 saturated carbocycles. The smallest absolute Gasteiger partial charge is 0.0803 e. The van der Waals surface area contributed by atoms with E-state index in [1.807, 2.05) is 7.05 Å². The molecule has 0 radical (unpaired) electrons. The third-order valence-electron chi connectivity index (χ3n) is 2.98. The van der Waals surface area contributed by atoms with Crippen LogP contribution in [0.15, 0.2) is 15.9 Å². The van der Waals surface area contributed by atoms with Crippen molar-refractivity contribution in [1.82, 2.24) is 5.32 Å². The van der Waals surface area contributed by atoms with Crippen LogP contribution < -0.4 is 5.32 Å².